The van der Waals surface area contributed by atoms with E-state index in [0.29, 0.717) is 18.0 Å². The maximum Gasteiger partial charge on any atom is 0.0217 e. The summed E-state index contributed by atoms with van der Waals surface area (Å²) in [7, 11) is 0. The predicted molar refractivity (Wildman–Crippen MR) is 77.5 cm³/mol. The molecule has 2 rings (SSSR count). The lowest BCUT2D eigenvalue weighted by Crippen LogP contribution is -2.57. The molecule has 17 heavy (non-hydrogen) atoms. The highest BCUT2D eigenvalue weighted by atomic mass is 32.2. The Labute approximate surface area is 111 Å². The van der Waals surface area contributed by atoms with Gasteiger partial charge in [0.1, 0.15) is 0 Å². The van der Waals surface area contributed by atoms with Crippen molar-refractivity contribution in [3.8, 4) is 0 Å². The molecule has 5 unspecified atom stereocenters. The highest BCUT2D eigenvalue weighted by Gasteiger charge is 2.37. The van der Waals surface area contributed by atoms with E-state index >= 15 is 0 Å². The van der Waals surface area contributed by atoms with Crippen LogP contribution in [0.25, 0.3) is 0 Å². The van der Waals surface area contributed by atoms with E-state index in [-0.39, 0.29) is 0 Å². The molecule has 0 radical (unpaired) electrons. The smallest absolute Gasteiger partial charge is 0.0217 e. The molecule has 1 saturated heterocycles. The van der Waals surface area contributed by atoms with E-state index in [1.807, 2.05) is 0 Å². The van der Waals surface area contributed by atoms with Gasteiger partial charge in [-0.2, -0.15) is 11.8 Å². The van der Waals surface area contributed by atoms with Gasteiger partial charge in [-0.25, -0.2) is 0 Å². The van der Waals surface area contributed by atoms with Crippen molar-refractivity contribution in [3.05, 3.63) is 0 Å². The number of hydrogen-bond donors (Lipinski definition) is 1. The molecule has 0 aromatic carbocycles. The van der Waals surface area contributed by atoms with Crippen LogP contribution >= 0.6 is 11.8 Å². The van der Waals surface area contributed by atoms with Gasteiger partial charge in [-0.05, 0) is 38.4 Å². The van der Waals surface area contributed by atoms with Gasteiger partial charge in [0.05, 0.1) is 0 Å². The SMILES string of the molecule is CSC1CCCCC1N1CCC(N)C(C)C1C. The van der Waals surface area contributed by atoms with E-state index in [2.05, 4.69) is 36.8 Å². The fourth-order valence-electron chi connectivity index (χ4n) is 3.62. The van der Waals surface area contributed by atoms with Crippen molar-refractivity contribution in [1.82, 2.24) is 4.90 Å². The molecule has 100 valence electrons. The second kappa shape index (κ2) is 5.94. The molecule has 2 N–H and O–H groups in total. The highest BCUT2D eigenvalue weighted by molar-refractivity contribution is 7.99. The summed E-state index contributed by atoms with van der Waals surface area (Å²) in [5, 5.41) is 0.854. The van der Waals surface area contributed by atoms with Crippen LogP contribution < -0.4 is 5.73 Å². The molecule has 1 saturated carbocycles. The maximum atomic E-state index is 6.20. The number of rotatable bonds is 2. The molecule has 1 aliphatic carbocycles. The van der Waals surface area contributed by atoms with Gasteiger partial charge >= 0.3 is 0 Å². The Bertz CT molecular complexity index is 246. The quantitative estimate of drug-likeness (QED) is 0.824. The lowest BCUT2D eigenvalue weighted by molar-refractivity contribution is 0.0433. The van der Waals surface area contributed by atoms with Crippen LogP contribution in [0.1, 0.15) is 46.0 Å². The summed E-state index contributed by atoms with van der Waals surface area (Å²) in [6.07, 6.45) is 9.13. The van der Waals surface area contributed by atoms with Crippen molar-refractivity contribution in [2.45, 2.75) is 69.3 Å². The zero-order chi connectivity index (χ0) is 12.4. The summed E-state index contributed by atoms with van der Waals surface area (Å²) in [5.41, 5.74) is 6.20. The second-order valence-electron chi connectivity index (χ2n) is 5.92. The van der Waals surface area contributed by atoms with Gasteiger partial charge in [-0.1, -0.05) is 19.8 Å². The fraction of sp³-hybridized carbons (Fsp3) is 1.00. The fourth-order valence-corrected chi connectivity index (χ4v) is 4.63. The summed E-state index contributed by atoms with van der Waals surface area (Å²) in [4.78, 5) is 2.77. The number of piperidine rings is 1. The number of nitrogens with two attached hydrogens (primary N) is 1. The van der Waals surface area contributed by atoms with Gasteiger partial charge < -0.3 is 5.73 Å². The third kappa shape index (κ3) is 2.82. The summed E-state index contributed by atoms with van der Waals surface area (Å²) in [6.45, 7) is 5.93. The molecule has 3 heteroatoms. The number of thioether (sulfide) groups is 1. The molecule has 0 spiro atoms. The van der Waals surface area contributed by atoms with Crippen molar-refractivity contribution < 1.29 is 0 Å². The van der Waals surface area contributed by atoms with Gasteiger partial charge in [-0.3, -0.25) is 4.90 Å². The van der Waals surface area contributed by atoms with E-state index in [4.69, 9.17) is 5.73 Å². The largest absolute Gasteiger partial charge is 0.327 e. The van der Waals surface area contributed by atoms with E-state index in [9.17, 15) is 0 Å². The average Bonchev–Trinajstić information content (AvgIpc) is 2.36. The third-order valence-electron chi connectivity index (χ3n) is 5.08. The minimum atomic E-state index is 0.414. The Morgan fingerprint density at radius 1 is 1.12 bits per heavy atom. The molecule has 2 aliphatic rings. The molecular formula is C14H28N2S. The monoisotopic (exact) mass is 256 g/mol. The van der Waals surface area contributed by atoms with Crippen LogP contribution in [0.15, 0.2) is 0 Å². The molecule has 0 amide bonds. The Balaban J connectivity index is 2.04. The number of likely N-dealkylation sites (tertiary alicyclic amines) is 1. The molecule has 2 nitrogen and oxygen atoms in total. The molecule has 5 atom stereocenters. The zero-order valence-electron chi connectivity index (χ0n) is 11.6. The van der Waals surface area contributed by atoms with Crippen LogP contribution in [0.5, 0.6) is 0 Å². The Morgan fingerprint density at radius 3 is 2.53 bits per heavy atom. The van der Waals surface area contributed by atoms with Crippen LogP contribution in [0.4, 0.5) is 0 Å². The first-order valence-electron chi connectivity index (χ1n) is 7.19. The predicted octanol–water partition coefficient (Wildman–Crippen LogP) is 2.72. The van der Waals surface area contributed by atoms with Crippen molar-refractivity contribution in [3.63, 3.8) is 0 Å². The van der Waals surface area contributed by atoms with Crippen LogP contribution in [0.2, 0.25) is 0 Å². The second-order valence-corrected chi connectivity index (χ2v) is 6.99. The first kappa shape index (κ1) is 13.7. The van der Waals surface area contributed by atoms with E-state index in [1.54, 1.807) is 0 Å². The molecule has 0 bridgehead atoms. The number of nitrogens with zero attached hydrogens (tertiary/aromatic N) is 1. The van der Waals surface area contributed by atoms with Crippen LogP contribution in [0.3, 0.4) is 0 Å². The minimum absolute atomic E-state index is 0.414. The van der Waals surface area contributed by atoms with Gasteiger partial charge in [0.15, 0.2) is 0 Å². The molecule has 2 fully saturated rings. The average molecular weight is 256 g/mol. The molecule has 0 aromatic heterocycles. The van der Waals surface area contributed by atoms with Crippen LogP contribution in [0, 0.1) is 5.92 Å². The summed E-state index contributed by atoms with van der Waals surface area (Å²) in [5.74, 6) is 0.646. The van der Waals surface area contributed by atoms with Gasteiger partial charge in [0.25, 0.3) is 0 Å². The zero-order valence-corrected chi connectivity index (χ0v) is 12.4. The molecule has 1 aliphatic heterocycles. The highest BCUT2D eigenvalue weighted by Crippen LogP contribution is 2.35. The first-order chi connectivity index (χ1) is 8.15. The van der Waals surface area contributed by atoms with Crippen molar-refractivity contribution in [2.24, 2.45) is 11.7 Å². The van der Waals surface area contributed by atoms with Crippen LogP contribution in [-0.4, -0.2) is 41.1 Å². The Hall–Kier alpha value is 0.270. The first-order valence-corrected chi connectivity index (χ1v) is 8.48. The van der Waals surface area contributed by atoms with Gasteiger partial charge in [0.2, 0.25) is 0 Å². The molecular weight excluding hydrogens is 228 g/mol. The van der Waals surface area contributed by atoms with E-state index < -0.39 is 0 Å². The van der Waals surface area contributed by atoms with Crippen molar-refractivity contribution in [2.75, 3.05) is 12.8 Å². The van der Waals surface area contributed by atoms with Gasteiger partial charge in [-0.15, -0.1) is 0 Å². The minimum Gasteiger partial charge on any atom is -0.327 e. The number of hydrogen-bond acceptors (Lipinski definition) is 3. The van der Waals surface area contributed by atoms with Gasteiger partial charge in [0, 0.05) is 29.9 Å². The van der Waals surface area contributed by atoms with E-state index in [0.717, 1.165) is 11.3 Å². The van der Waals surface area contributed by atoms with Crippen LogP contribution in [-0.2, 0) is 0 Å². The standard InChI is InChI=1S/C14H28N2S/c1-10-11(2)16(9-8-12(10)15)13-6-4-5-7-14(13)17-3/h10-14H,4-9,15H2,1-3H3. The topological polar surface area (TPSA) is 29.3 Å². The van der Waals surface area contributed by atoms with Crippen molar-refractivity contribution in [1.29, 1.82) is 0 Å². The Kier molecular flexibility index (Phi) is 4.79. The normalized spacial score (nSPS) is 44.8. The summed E-state index contributed by atoms with van der Waals surface area (Å²) < 4.78 is 0. The lowest BCUT2D eigenvalue weighted by Gasteiger charge is -2.48. The third-order valence-corrected chi connectivity index (χ3v) is 6.23. The summed E-state index contributed by atoms with van der Waals surface area (Å²) >= 11 is 2.08. The molecule has 0 aromatic rings. The summed E-state index contributed by atoms with van der Waals surface area (Å²) in [6, 6.07) is 1.89. The Morgan fingerprint density at radius 2 is 1.82 bits per heavy atom. The maximum absolute atomic E-state index is 6.20. The van der Waals surface area contributed by atoms with Crippen molar-refractivity contribution >= 4 is 11.8 Å². The van der Waals surface area contributed by atoms with E-state index in [1.165, 1.54) is 38.6 Å². The lowest BCUT2D eigenvalue weighted by atomic mass is 9.84. The molecule has 1 heterocycles.